The highest BCUT2D eigenvalue weighted by Gasteiger charge is 2.43. The summed E-state index contributed by atoms with van der Waals surface area (Å²) in [5.74, 6) is -0.465. The third-order valence-corrected chi connectivity index (χ3v) is 3.05. The van der Waals surface area contributed by atoms with Crippen molar-refractivity contribution in [2.24, 2.45) is 0 Å². The van der Waals surface area contributed by atoms with E-state index < -0.39 is 11.6 Å². The van der Waals surface area contributed by atoms with Gasteiger partial charge in [-0.05, 0) is 17.7 Å². The fourth-order valence-electron chi connectivity index (χ4n) is 2.12. The lowest BCUT2D eigenvalue weighted by Gasteiger charge is -2.30. The third kappa shape index (κ3) is 2.22. The van der Waals surface area contributed by atoms with Crippen molar-refractivity contribution in [3.05, 3.63) is 66.0 Å². The number of benzene rings is 1. The molecule has 2 rings (SSSR count). The predicted molar refractivity (Wildman–Crippen MR) is 70.5 cm³/mol. The number of methoxy groups -OCH3 is 2. The van der Waals surface area contributed by atoms with Gasteiger partial charge >= 0.3 is 5.97 Å². The normalized spacial score (nSPS) is 13.6. The maximum absolute atomic E-state index is 12.3. The molecule has 1 aromatic carbocycles. The first-order valence-electron chi connectivity index (χ1n) is 5.85. The quantitative estimate of drug-likeness (QED) is 0.787. The van der Waals surface area contributed by atoms with Crippen LogP contribution in [0.2, 0.25) is 0 Å². The molecule has 1 atom stereocenters. The second-order valence-corrected chi connectivity index (χ2v) is 3.98. The molecular formula is C15H15NO3. The molecule has 0 N–H and O–H groups in total. The molecule has 0 fully saturated rings. The fourth-order valence-corrected chi connectivity index (χ4v) is 2.12. The van der Waals surface area contributed by atoms with Gasteiger partial charge in [0, 0.05) is 25.1 Å². The summed E-state index contributed by atoms with van der Waals surface area (Å²) >= 11 is 0. The molecule has 1 heterocycles. The van der Waals surface area contributed by atoms with Gasteiger partial charge in [-0.15, -0.1) is 0 Å². The molecular weight excluding hydrogens is 242 g/mol. The monoisotopic (exact) mass is 257 g/mol. The van der Waals surface area contributed by atoms with E-state index in [0.29, 0.717) is 5.56 Å². The van der Waals surface area contributed by atoms with Crippen LogP contribution in [0.5, 0.6) is 0 Å². The van der Waals surface area contributed by atoms with Gasteiger partial charge in [0.2, 0.25) is 5.60 Å². The minimum atomic E-state index is -1.26. The van der Waals surface area contributed by atoms with E-state index in [4.69, 9.17) is 9.47 Å². The predicted octanol–water partition coefficient (Wildman–Crippen LogP) is 2.14. The molecule has 1 aromatic heterocycles. The summed E-state index contributed by atoms with van der Waals surface area (Å²) in [4.78, 5) is 16.3. The average molecular weight is 257 g/mol. The molecule has 19 heavy (non-hydrogen) atoms. The lowest BCUT2D eigenvalue weighted by Crippen LogP contribution is -2.40. The van der Waals surface area contributed by atoms with Gasteiger partial charge in [0.15, 0.2) is 0 Å². The zero-order valence-corrected chi connectivity index (χ0v) is 10.9. The molecule has 0 aliphatic heterocycles. The van der Waals surface area contributed by atoms with E-state index in [0.717, 1.165) is 5.56 Å². The standard InChI is InChI=1S/C15H15NO3/c1-18-14(17)15(19-2,12-6-4-3-5-7-12)13-8-10-16-11-9-13/h3-11H,1-2H3. The second-order valence-electron chi connectivity index (χ2n) is 3.98. The van der Waals surface area contributed by atoms with Crippen molar-refractivity contribution in [2.75, 3.05) is 14.2 Å². The van der Waals surface area contributed by atoms with Crippen LogP contribution < -0.4 is 0 Å². The Bertz CT molecular complexity index is 500. The van der Waals surface area contributed by atoms with Crippen LogP contribution >= 0.6 is 0 Å². The van der Waals surface area contributed by atoms with Crippen molar-refractivity contribution in [3.8, 4) is 0 Å². The van der Waals surface area contributed by atoms with Gasteiger partial charge in [0.1, 0.15) is 0 Å². The Kier molecular flexibility index (Phi) is 3.92. The van der Waals surface area contributed by atoms with Crippen LogP contribution in [0.25, 0.3) is 0 Å². The van der Waals surface area contributed by atoms with Crippen LogP contribution in [-0.4, -0.2) is 25.2 Å². The summed E-state index contributed by atoms with van der Waals surface area (Å²) in [6.07, 6.45) is 3.24. The Morgan fingerprint density at radius 2 is 1.58 bits per heavy atom. The summed E-state index contributed by atoms with van der Waals surface area (Å²) in [5.41, 5.74) is 0.137. The van der Waals surface area contributed by atoms with Crippen molar-refractivity contribution in [1.29, 1.82) is 0 Å². The summed E-state index contributed by atoms with van der Waals surface area (Å²) in [6.45, 7) is 0. The number of hydrogen-bond acceptors (Lipinski definition) is 4. The van der Waals surface area contributed by atoms with E-state index >= 15 is 0 Å². The summed E-state index contributed by atoms with van der Waals surface area (Å²) < 4.78 is 10.5. The number of carbonyl (C=O) groups excluding carboxylic acids is 1. The van der Waals surface area contributed by atoms with Gasteiger partial charge in [-0.25, -0.2) is 4.79 Å². The second kappa shape index (κ2) is 5.63. The lowest BCUT2D eigenvalue weighted by molar-refractivity contribution is -0.162. The van der Waals surface area contributed by atoms with Crippen LogP contribution in [0.1, 0.15) is 11.1 Å². The smallest absolute Gasteiger partial charge is 0.347 e. The molecule has 1 unspecified atom stereocenters. The molecule has 2 aromatic rings. The number of hydrogen-bond donors (Lipinski definition) is 0. The van der Waals surface area contributed by atoms with Crippen molar-refractivity contribution >= 4 is 5.97 Å². The zero-order valence-electron chi connectivity index (χ0n) is 10.9. The van der Waals surface area contributed by atoms with Crippen LogP contribution in [0, 0.1) is 0 Å². The average Bonchev–Trinajstić information content (AvgIpc) is 2.50. The number of carbonyl (C=O) groups is 1. The van der Waals surface area contributed by atoms with E-state index in [1.54, 1.807) is 24.5 Å². The number of rotatable bonds is 4. The first kappa shape index (κ1) is 13.2. The lowest BCUT2D eigenvalue weighted by atomic mass is 9.86. The molecule has 0 radical (unpaired) electrons. The number of ether oxygens (including phenoxy) is 2. The van der Waals surface area contributed by atoms with Crippen molar-refractivity contribution in [3.63, 3.8) is 0 Å². The van der Waals surface area contributed by atoms with E-state index in [1.807, 2.05) is 30.3 Å². The van der Waals surface area contributed by atoms with Gasteiger partial charge in [0.05, 0.1) is 7.11 Å². The maximum Gasteiger partial charge on any atom is 0.347 e. The third-order valence-electron chi connectivity index (χ3n) is 3.05. The maximum atomic E-state index is 12.3. The van der Waals surface area contributed by atoms with Crippen LogP contribution in [-0.2, 0) is 19.9 Å². The number of nitrogens with zero attached hydrogens (tertiary/aromatic N) is 1. The Balaban J connectivity index is 2.66. The number of aromatic nitrogens is 1. The van der Waals surface area contributed by atoms with E-state index in [-0.39, 0.29) is 0 Å². The van der Waals surface area contributed by atoms with Crippen molar-refractivity contribution < 1.29 is 14.3 Å². The van der Waals surface area contributed by atoms with Gasteiger partial charge in [-0.2, -0.15) is 0 Å². The summed E-state index contributed by atoms with van der Waals surface area (Å²) in [5, 5.41) is 0. The summed E-state index contributed by atoms with van der Waals surface area (Å²) in [7, 11) is 2.84. The Hall–Kier alpha value is -2.20. The molecule has 4 heteroatoms. The van der Waals surface area contributed by atoms with E-state index in [2.05, 4.69) is 4.98 Å². The first-order valence-corrected chi connectivity index (χ1v) is 5.85. The molecule has 0 aliphatic carbocycles. The van der Waals surface area contributed by atoms with Gasteiger partial charge < -0.3 is 9.47 Å². The molecule has 0 amide bonds. The van der Waals surface area contributed by atoms with E-state index in [9.17, 15) is 4.79 Å². The molecule has 0 bridgehead atoms. The van der Waals surface area contributed by atoms with Crippen molar-refractivity contribution in [1.82, 2.24) is 4.98 Å². The van der Waals surface area contributed by atoms with Gasteiger partial charge in [-0.3, -0.25) is 4.98 Å². The van der Waals surface area contributed by atoms with Crippen molar-refractivity contribution in [2.45, 2.75) is 5.60 Å². The molecule has 0 saturated heterocycles. The highest BCUT2D eigenvalue weighted by Crippen LogP contribution is 2.34. The molecule has 0 saturated carbocycles. The van der Waals surface area contributed by atoms with Crippen LogP contribution in [0.15, 0.2) is 54.9 Å². The largest absolute Gasteiger partial charge is 0.466 e. The fraction of sp³-hybridized carbons (Fsp3) is 0.200. The topological polar surface area (TPSA) is 48.4 Å². The molecule has 4 nitrogen and oxygen atoms in total. The number of esters is 1. The van der Waals surface area contributed by atoms with Gasteiger partial charge in [0.25, 0.3) is 0 Å². The summed E-state index contributed by atoms with van der Waals surface area (Å²) in [6, 6.07) is 12.7. The Labute approximate surface area is 112 Å². The Morgan fingerprint density at radius 1 is 1.00 bits per heavy atom. The van der Waals surface area contributed by atoms with E-state index in [1.165, 1.54) is 14.2 Å². The SMILES string of the molecule is COC(=O)C(OC)(c1ccccc1)c1ccncc1. The van der Waals surface area contributed by atoms with Crippen LogP contribution in [0.3, 0.4) is 0 Å². The number of pyridine rings is 1. The minimum absolute atomic E-state index is 0.465. The molecule has 0 aliphatic rings. The highest BCUT2D eigenvalue weighted by atomic mass is 16.6. The Morgan fingerprint density at radius 3 is 2.11 bits per heavy atom. The highest BCUT2D eigenvalue weighted by molar-refractivity contribution is 5.85. The first-order chi connectivity index (χ1) is 9.25. The minimum Gasteiger partial charge on any atom is -0.466 e. The zero-order chi connectivity index (χ0) is 13.7. The molecule has 0 spiro atoms. The molecule has 98 valence electrons. The van der Waals surface area contributed by atoms with Crippen LogP contribution in [0.4, 0.5) is 0 Å². The van der Waals surface area contributed by atoms with Gasteiger partial charge in [-0.1, -0.05) is 30.3 Å².